The Morgan fingerprint density at radius 3 is 2.65 bits per heavy atom. The van der Waals surface area contributed by atoms with Crippen molar-refractivity contribution in [2.24, 2.45) is 0 Å². The van der Waals surface area contributed by atoms with Crippen LogP contribution in [0.2, 0.25) is 5.02 Å². The summed E-state index contributed by atoms with van der Waals surface area (Å²) in [5.74, 6) is 2.16. The van der Waals surface area contributed by atoms with E-state index in [4.69, 9.17) is 16.3 Å². The van der Waals surface area contributed by atoms with Gasteiger partial charge in [0.2, 0.25) is 0 Å². The lowest BCUT2D eigenvalue weighted by Crippen LogP contribution is -2.06. The van der Waals surface area contributed by atoms with E-state index in [0.717, 1.165) is 29.2 Å². The van der Waals surface area contributed by atoms with E-state index in [9.17, 15) is 0 Å². The first-order valence-electron chi connectivity index (χ1n) is 6.49. The van der Waals surface area contributed by atoms with Crippen LogP contribution in [0.25, 0.3) is 11.4 Å². The smallest absolute Gasteiger partial charge is 0.165 e. The van der Waals surface area contributed by atoms with Crippen LogP contribution in [0, 0.1) is 13.8 Å². The van der Waals surface area contributed by atoms with E-state index in [1.54, 1.807) is 13.2 Å². The first-order valence-corrected chi connectivity index (χ1v) is 6.87. The Kier molecular flexibility index (Phi) is 4.45. The summed E-state index contributed by atoms with van der Waals surface area (Å²) < 4.78 is 5.37. The largest absolute Gasteiger partial charge is 0.496 e. The van der Waals surface area contributed by atoms with Crippen molar-refractivity contribution < 1.29 is 4.74 Å². The number of aromatic nitrogens is 2. The molecule has 0 bridgehead atoms. The van der Waals surface area contributed by atoms with Crippen LogP contribution in [0.4, 0.5) is 5.82 Å². The average molecular weight is 292 g/mol. The van der Waals surface area contributed by atoms with Gasteiger partial charge in [0, 0.05) is 22.8 Å². The van der Waals surface area contributed by atoms with Crippen molar-refractivity contribution >= 4 is 17.4 Å². The van der Waals surface area contributed by atoms with Gasteiger partial charge in [0.05, 0.1) is 12.7 Å². The molecular formula is C15H18ClN3O. The first kappa shape index (κ1) is 14.6. The molecule has 1 heterocycles. The molecule has 0 unspecified atom stereocenters. The molecule has 1 N–H and O–H groups in total. The highest BCUT2D eigenvalue weighted by Crippen LogP contribution is 2.31. The van der Waals surface area contributed by atoms with Crippen molar-refractivity contribution in [3.63, 3.8) is 0 Å². The molecule has 0 saturated carbocycles. The van der Waals surface area contributed by atoms with Gasteiger partial charge in [0.25, 0.3) is 0 Å². The molecule has 0 fully saturated rings. The van der Waals surface area contributed by atoms with Gasteiger partial charge in [-0.2, -0.15) is 0 Å². The molecule has 0 aliphatic carbocycles. The van der Waals surface area contributed by atoms with Crippen molar-refractivity contribution in [1.82, 2.24) is 9.97 Å². The van der Waals surface area contributed by atoms with Gasteiger partial charge in [-0.1, -0.05) is 11.6 Å². The van der Waals surface area contributed by atoms with Crippen LogP contribution in [0.5, 0.6) is 5.75 Å². The molecule has 106 valence electrons. The van der Waals surface area contributed by atoms with E-state index in [2.05, 4.69) is 15.3 Å². The normalized spacial score (nSPS) is 10.4. The van der Waals surface area contributed by atoms with Crippen LogP contribution in [0.1, 0.15) is 18.2 Å². The number of ether oxygens (including phenoxy) is 1. The Labute approximate surface area is 124 Å². The zero-order valence-corrected chi connectivity index (χ0v) is 12.9. The van der Waals surface area contributed by atoms with Gasteiger partial charge in [-0.15, -0.1) is 0 Å². The molecule has 2 rings (SSSR count). The second-order valence-corrected chi connectivity index (χ2v) is 4.92. The minimum atomic E-state index is 0.626. The van der Waals surface area contributed by atoms with Crippen molar-refractivity contribution in [2.75, 3.05) is 19.0 Å². The van der Waals surface area contributed by atoms with Crippen LogP contribution < -0.4 is 10.1 Å². The summed E-state index contributed by atoms with van der Waals surface area (Å²) in [6, 6.07) is 5.45. The third-order valence-corrected chi connectivity index (χ3v) is 3.37. The topological polar surface area (TPSA) is 47.0 Å². The molecule has 0 spiro atoms. The maximum atomic E-state index is 5.99. The fraction of sp³-hybridized carbons (Fsp3) is 0.333. The molecule has 0 saturated heterocycles. The molecule has 20 heavy (non-hydrogen) atoms. The highest BCUT2D eigenvalue weighted by molar-refractivity contribution is 6.30. The van der Waals surface area contributed by atoms with Crippen LogP contribution >= 0.6 is 11.6 Å². The Morgan fingerprint density at radius 1 is 1.25 bits per heavy atom. The quantitative estimate of drug-likeness (QED) is 0.929. The minimum Gasteiger partial charge on any atom is -0.496 e. The van der Waals surface area contributed by atoms with Crippen LogP contribution in [0.3, 0.4) is 0 Å². The summed E-state index contributed by atoms with van der Waals surface area (Å²) >= 11 is 5.99. The second kappa shape index (κ2) is 6.09. The molecule has 1 aromatic heterocycles. The van der Waals surface area contributed by atoms with Gasteiger partial charge >= 0.3 is 0 Å². The summed E-state index contributed by atoms with van der Waals surface area (Å²) in [5, 5.41) is 3.88. The Balaban J connectivity index is 2.58. The van der Waals surface area contributed by atoms with Crippen LogP contribution in [0.15, 0.2) is 18.2 Å². The molecule has 0 radical (unpaired) electrons. The highest BCUT2D eigenvalue weighted by atomic mass is 35.5. The second-order valence-electron chi connectivity index (χ2n) is 4.48. The molecule has 0 aliphatic heterocycles. The van der Waals surface area contributed by atoms with Gasteiger partial charge in [0.1, 0.15) is 11.6 Å². The number of aryl methyl sites for hydroxylation is 1. The van der Waals surface area contributed by atoms with Gasteiger partial charge in [-0.3, -0.25) is 0 Å². The van der Waals surface area contributed by atoms with Crippen LogP contribution in [-0.2, 0) is 0 Å². The number of methoxy groups -OCH3 is 1. The number of nitrogens with zero attached hydrogens (tertiary/aromatic N) is 2. The number of benzene rings is 1. The number of hydrogen-bond acceptors (Lipinski definition) is 4. The lowest BCUT2D eigenvalue weighted by atomic mass is 10.1. The fourth-order valence-electron chi connectivity index (χ4n) is 1.94. The maximum absolute atomic E-state index is 5.99. The SMILES string of the molecule is CCNc1nc(-c2ccc(Cl)cc2OC)nc(C)c1C. The van der Waals surface area contributed by atoms with E-state index in [0.29, 0.717) is 16.6 Å². The molecule has 0 atom stereocenters. The number of hydrogen-bond donors (Lipinski definition) is 1. The van der Waals surface area contributed by atoms with Gasteiger partial charge in [-0.05, 0) is 39.0 Å². The Hall–Kier alpha value is -1.81. The van der Waals surface area contributed by atoms with E-state index < -0.39 is 0 Å². The third-order valence-electron chi connectivity index (χ3n) is 3.14. The number of rotatable bonds is 4. The van der Waals surface area contributed by atoms with Gasteiger partial charge in [-0.25, -0.2) is 9.97 Å². The van der Waals surface area contributed by atoms with Gasteiger partial charge in [0.15, 0.2) is 5.82 Å². The van der Waals surface area contributed by atoms with E-state index >= 15 is 0 Å². The minimum absolute atomic E-state index is 0.626. The van der Waals surface area contributed by atoms with Gasteiger partial charge < -0.3 is 10.1 Å². The molecule has 2 aromatic rings. The number of halogens is 1. The molecule has 5 heteroatoms. The van der Waals surface area contributed by atoms with E-state index in [1.807, 2.05) is 32.9 Å². The molecule has 0 amide bonds. The maximum Gasteiger partial charge on any atom is 0.165 e. The fourth-order valence-corrected chi connectivity index (χ4v) is 2.10. The lowest BCUT2D eigenvalue weighted by molar-refractivity contribution is 0.416. The zero-order chi connectivity index (χ0) is 14.7. The standard InChI is InChI=1S/C15H18ClN3O/c1-5-17-14-9(2)10(3)18-15(19-14)12-7-6-11(16)8-13(12)20-4/h6-8H,5H2,1-4H3,(H,17,18,19). The van der Waals surface area contributed by atoms with Crippen LogP contribution in [-0.4, -0.2) is 23.6 Å². The average Bonchev–Trinajstić information content (AvgIpc) is 2.43. The summed E-state index contributed by atoms with van der Waals surface area (Å²) in [6.07, 6.45) is 0. The highest BCUT2D eigenvalue weighted by Gasteiger charge is 2.13. The lowest BCUT2D eigenvalue weighted by Gasteiger charge is -2.13. The summed E-state index contributed by atoms with van der Waals surface area (Å²) in [5.41, 5.74) is 2.84. The predicted molar refractivity (Wildman–Crippen MR) is 82.7 cm³/mol. The Morgan fingerprint density at radius 2 is 2.00 bits per heavy atom. The molecular weight excluding hydrogens is 274 g/mol. The summed E-state index contributed by atoms with van der Waals surface area (Å²) in [4.78, 5) is 9.14. The molecule has 1 aromatic carbocycles. The van der Waals surface area contributed by atoms with E-state index in [-0.39, 0.29) is 0 Å². The van der Waals surface area contributed by atoms with Crippen molar-refractivity contribution in [2.45, 2.75) is 20.8 Å². The summed E-state index contributed by atoms with van der Waals surface area (Å²) in [6.45, 7) is 6.84. The molecule has 0 aliphatic rings. The zero-order valence-electron chi connectivity index (χ0n) is 12.1. The van der Waals surface area contributed by atoms with Crippen molar-refractivity contribution in [3.05, 3.63) is 34.5 Å². The number of nitrogens with one attached hydrogen (secondary N) is 1. The van der Waals surface area contributed by atoms with E-state index in [1.165, 1.54) is 0 Å². The summed E-state index contributed by atoms with van der Waals surface area (Å²) in [7, 11) is 1.61. The first-order chi connectivity index (χ1) is 9.56. The predicted octanol–water partition coefficient (Wildman–Crippen LogP) is 3.85. The molecule has 4 nitrogen and oxygen atoms in total. The Bertz CT molecular complexity index is 629. The number of anilines is 1. The third kappa shape index (κ3) is 2.85. The monoisotopic (exact) mass is 291 g/mol. The van der Waals surface area contributed by atoms with Crippen molar-refractivity contribution in [1.29, 1.82) is 0 Å². The van der Waals surface area contributed by atoms with Crippen molar-refractivity contribution in [3.8, 4) is 17.1 Å².